The van der Waals surface area contributed by atoms with Gasteiger partial charge in [-0.25, -0.2) is 8.42 Å². The van der Waals surface area contributed by atoms with Crippen LogP contribution in [0.15, 0.2) is 72.8 Å². The second-order valence-electron chi connectivity index (χ2n) is 7.74. The molecule has 3 aromatic rings. The molecular formula is C25H27ClN2O3S. The molecular weight excluding hydrogens is 444 g/mol. The van der Waals surface area contributed by atoms with Gasteiger partial charge in [0.05, 0.1) is 24.5 Å². The number of hydrogen-bond donors (Lipinski definition) is 1. The number of rotatable bonds is 8. The molecule has 0 aliphatic rings. The van der Waals surface area contributed by atoms with Crippen molar-refractivity contribution in [3.63, 3.8) is 0 Å². The Morgan fingerprint density at radius 2 is 1.62 bits per heavy atom. The molecule has 0 heterocycles. The molecule has 3 rings (SSSR count). The predicted molar refractivity (Wildman–Crippen MR) is 131 cm³/mol. The van der Waals surface area contributed by atoms with E-state index in [9.17, 15) is 13.2 Å². The van der Waals surface area contributed by atoms with Crippen LogP contribution in [0.5, 0.6) is 0 Å². The van der Waals surface area contributed by atoms with Crippen LogP contribution in [-0.2, 0) is 23.0 Å². The first kappa shape index (κ1) is 23.8. The summed E-state index contributed by atoms with van der Waals surface area (Å²) in [4.78, 5) is 12.7. The lowest BCUT2D eigenvalue weighted by atomic mass is 10.0. The van der Waals surface area contributed by atoms with Gasteiger partial charge in [-0.05, 0) is 60.4 Å². The Hall–Kier alpha value is -2.83. The highest BCUT2D eigenvalue weighted by molar-refractivity contribution is 7.92. The molecule has 0 bridgehead atoms. The molecule has 0 spiro atoms. The van der Waals surface area contributed by atoms with Crippen LogP contribution >= 0.6 is 11.6 Å². The van der Waals surface area contributed by atoms with E-state index in [0.717, 1.165) is 23.8 Å². The molecule has 0 aliphatic carbocycles. The standard InChI is InChI=1S/C25H27ClN2O3S/c1-4-19-8-12-21(13-9-19)18(2)27-25(29)22-14-10-20(11-15-22)17-28(32(3,30)31)24-7-5-6-23(26)16-24/h5-16,18H,4,17H2,1-3H3,(H,27,29). The number of anilines is 1. The monoisotopic (exact) mass is 470 g/mol. The van der Waals surface area contributed by atoms with Gasteiger partial charge in [0.15, 0.2) is 0 Å². The molecule has 0 aromatic heterocycles. The SMILES string of the molecule is CCc1ccc(C(C)NC(=O)c2ccc(CN(c3cccc(Cl)c3)S(C)(=O)=O)cc2)cc1. The lowest BCUT2D eigenvalue weighted by Crippen LogP contribution is -2.29. The molecule has 3 aromatic carbocycles. The highest BCUT2D eigenvalue weighted by atomic mass is 35.5. The van der Waals surface area contributed by atoms with Crippen molar-refractivity contribution < 1.29 is 13.2 Å². The van der Waals surface area contributed by atoms with Crippen molar-refractivity contribution in [1.29, 1.82) is 0 Å². The summed E-state index contributed by atoms with van der Waals surface area (Å²) in [5, 5.41) is 3.47. The third kappa shape index (κ3) is 6.11. The van der Waals surface area contributed by atoms with E-state index in [1.807, 2.05) is 19.1 Å². The van der Waals surface area contributed by atoms with Crippen LogP contribution in [0.3, 0.4) is 0 Å². The quantitative estimate of drug-likeness (QED) is 0.482. The largest absolute Gasteiger partial charge is 0.346 e. The molecule has 1 amide bonds. The summed E-state index contributed by atoms with van der Waals surface area (Å²) in [7, 11) is -3.52. The van der Waals surface area contributed by atoms with Crippen LogP contribution in [0.2, 0.25) is 5.02 Å². The van der Waals surface area contributed by atoms with Gasteiger partial charge >= 0.3 is 0 Å². The van der Waals surface area contributed by atoms with Gasteiger partial charge in [-0.1, -0.05) is 61.0 Å². The van der Waals surface area contributed by atoms with Crippen LogP contribution in [0.1, 0.15) is 46.9 Å². The van der Waals surface area contributed by atoms with Crippen LogP contribution in [0, 0.1) is 0 Å². The summed E-state index contributed by atoms with van der Waals surface area (Å²) >= 11 is 6.03. The third-order valence-electron chi connectivity index (χ3n) is 5.27. The van der Waals surface area contributed by atoms with Crippen molar-refractivity contribution in [3.05, 3.63) is 100 Å². The Labute approximate surface area is 195 Å². The van der Waals surface area contributed by atoms with Crippen molar-refractivity contribution in [2.45, 2.75) is 32.9 Å². The number of halogens is 1. The number of benzene rings is 3. The molecule has 1 unspecified atom stereocenters. The zero-order valence-corrected chi connectivity index (χ0v) is 20.0. The van der Waals surface area contributed by atoms with Gasteiger partial charge in [0.2, 0.25) is 10.0 Å². The maximum absolute atomic E-state index is 12.7. The molecule has 0 radical (unpaired) electrons. The number of hydrogen-bond acceptors (Lipinski definition) is 3. The third-order valence-corrected chi connectivity index (χ3v) is 6.65. The summed E-state index contributed by atoms with van der Waals surface area (Å²) in [6.45, 7) is 4.19. The van der Waals surface area contributed by atoms with Gasteiger partial charge in [-0.15, -0.1) is 0 Å². The Morgan fingerprint density at radius 3 is 2.19 bits per heavy atom. The van der Waals surface area contributed by atoms with Crippen LogP contribution in [-0.4, -0.2) is 20.6 Å². The number of sulfonamides is 1. The minimum Gasteiger partial charge on any atom is -0.346 e. The highest BCUT2D eigenvalue weighted by Gasteiger charge is 2.19. The lowest BCUT2D eigenvalue weighted by molar-refractivity contribution is 0.0940. The molecule has 0 saturated carbocycles. The number of carbonyl (C=O) groups excluding carboxylic acids is 1. The van der Waals surface area contributed by atoms with Gasteiger partial charge in [-0.2, -0.15) is 0 Å². The van der Waals surface area contributed by atoms with Gasteiger partial charge in [0, 0.05) is 10.6 Å². The van der Waals surface area contributed by atoms with Crippen molar-refractivity contribution >= 4 is 33.2 Å². The van der Waals surface area contributed by atoms with E-state index in [0.29, 0.717) is 16.3 Å². The maximum Gasteiger partial charge on any atom is 0.251 e. The fourth-order valence-corrected chi connectivity index (χ4v) is 4.43. The first-order valence-electron chi connectivity index (χ1n) is 10.4. The molecule has 1 atom stereocenters. The predicted octanol–water partition coefficient (Wildman–Crippen LogP) is 5.36. The van der Waals surface area contributed by atoms with Gasteiger partial charge < -0.3 is 5.32 Å². The minimum absolute atomic E-state index is 0.128. The molecule has 1 N–H and O–H groups in total. The van der Waals surface area contributed by atoms with E-state index in [1.165, 1.54) is 9.87 Å². The molecule has 32 heavy (non-hydrogen) atoms. The average molecular weight is 471 g/mol. The van der Waals surface area contributed by atoms with Crippen molar-refractivity contribution in [2.24, 2.45) is 0 Å². The van der Waals surface area contributed by atoms with Crippen molar-refractivity contribution in [2.75, 3.05) is 10.6 Å². The zero-order chi connectivity index (χ0) is 23.3. The summed E-state index contributed by atoms with van der Waals surface area (Å²) in [5.74, 6) is -0.182. The van der Waals surface area contributed by atoms with E-state index in [4.69, 9.17) is 11.6 Å². The van der Waals surface area contributed by atoms with E-state index < -0.39 is 10.0 Å². The summed E-state index contributed by atoms with van der Waals surface area (Å²) in [6, 6.07) is 21.7. The number of carbonyl (C=O) groups is 1. The molecule has 0 saturated heterocycles. The number of amides is 1. The molecule has 7 heteroatoms. The summed E-state index contributed by atoms with van der Waals surface area (Å²) < 4.78 is 26.0. The Kier molecular flexibility index (Phi) is 7.59. The van der Waals surface area contributed by atoms with Gasteiger partial charge in [0.1, 0.15) is 0 Å². The number of nitrogens with zero attached hydrogens (tertiary/aromatic N) is 1. The van der Waals surface area contributed by atoms with Crippen molar-refractivity contribution in [1.82, 2.24) is 5.32 Å². The van der Waals surface area contributed by atoms with Gasteiger partial charge in [-0.3, -0.25) is 9.10 Å². The Balaban J connectivity index is 1.71. The molecule has 0 aliphatic heterocycles. The second-order valence-corrected chi connectivity index (χ2v) is 10.1. The summed E-state index contributed by atoms with van der Waals surface area (Å²) in [5.41, 5.74) is 4.06. The Bertz CT molecular complexity index is 1180. The lowest BCUT2D eigenvalue weighted by Gasteiger charge is -2.23. The molecule has 0 fully saturated rings. The first-order valence-corrected chi connectivity index (χ1v) is 12.6. The fraction of sp³-hybridized carbons (Fsp3) is 0.240. The smallest absolute Gasteiger partial charge is 0.251 e. The van der Waals surface area contributed by atoms with E-state index in [1.54, 1.807) is 48.5 Å². The summed E-state index contributed by atoms with van der Waals surface area (Å²) in [6.07, 6.45) is 2.13. The number of nitrogens with one attached hydrogen (secondary N) is 1. The van der Waals surface area contributed by atoms with Gasteiger partial charge in [0.25, 0.3) is 5.91 Å². The van der Waals surface area contributed by atoms with Crippen molar-refractivity contribution in [3.8, 4) is 0 Å². The van der Waals surface area contributed by atoms with Crippen LogP contribution in [0.4, 0.5) is 5.69 Å². The highest BCUT2D eigenvalue weighted by Crippen LogP contribution is 2.24. The van der Waals surface area contributed by atoms with Crippen LogP contribution in [0.25, 0.3) is 0 Å². The van der Waals surface area contributed by atoms with Crippen LogP contribution < -0.4 is 9.62 Å². The Morgan fingerprint density at radius 1 is 1.00 bits per heavy atom. The number of aryl methyl sites for hydroxylation is 1. The fourth-order valence-electron chi connectivity index (χ4n) is 3.36. The van der Waals surface area contributed by atoms with E-state index in [2.05, 4.69) is 24.4 Å². The average Bonchev–Trinajstić information content (AvgIpc) is 2.77. The maximum atomic E-state index is 12.7. The van der Waals surface area contributed by atoms with E-state index >= 15 is 0 Å². The topological polar surface area (TPSA) is 66.5 Å². The first-order chi connectivity index (χ1) is 15.2. The van der Waals surface area contributed by atoms with E-state index in [-0.39, 0.29) is 18.5 Å². The second kappa shape index (κ2) is 10.2. The molecule has 168 valence electrons. The minimum atomic E-state index is -3.52. The normalized spacial score (nSPS) is 12.2. The molecule has 5 nitrogen and oxygen atoms in total. The zero-order valence-electron chi connectivity index (χ0n) is 18.4.